The van der Waals surface area contributed by atoms with Crippen molar-refractivity contribution < 1.29 is 19.4 Å². The zero-order valence-electron chi connectivity index (χ0n) is 16.1. The molecule has 5 nitrogen and oxygen atoms in total. The molecule has 6 heteroatoms. The number of carbonyl (C=O) groups excluding carboxylic acids is 1. The van der Waals surface area contributed by atoms with Crippen LogP contribution in [-0.4, -0.2) is 29.8 Å². The Bertz CT molecular complexity index is 1040. The van der Waals surface area contributed by atoms with Crippen molar-refractivity contribution in [3.05, 3.63) is 89.5 Å². The minimum absolute atomic E-state index is 0.0747. The first-order valence-corrected chi connectivity index (χ1v) is 10.1. The predicted octanol–water partition coefficient (Wildman–Crippen LogP) is 4.51. The molecule has 4 rings (SSSR count). The van der Waals surface area contributed by atoms with Gasteiger partial charge in [0.25, 0.3) is 0 Å². The maximum Gasteiger partial charge on any atom is 0.407 e. The first-order chi connectivity index (χ1) is 14.5. The summed E-state index contributed by atoms with van der Waals surface area (Å²) in [5.74, 6) is -1.19. The Hall–Kier alpha value is -3.25. The van der Waals surface area contributed by atoms with E-state index in [9.17, 15) is 14.7 Å². The van der Waals surface area contributed by atoms with Gasteiger partial charge in [0, 0.05) is 17.2 Å². The van der Waals surface area contributed by atoms with Gasteiger partial charge >= 0.3 is 12.1 Å². The third kappa shape index (κ3) is 4.19. The molecule has 0 radical (unpaired) electrons. The molecule has 3 aromatic carbocycles. The highest BCUT2D eigenvalue weighted by Crippen LogP contribution is 2.44. The summed E-state index contributed by atoms with van der Waals surface area (Å²) in [6.45, 7) is 0.139. The zero-order chi connectivity index (χ0) is 21.1. The standard InChI is InChI=1S/C24H21NO4S/c26-23(27)22(13-15-9-11-16(30)12-10-15)25-24(28)29-14-21-19-7-3-1-5-17(19)18-6-2-4-8-20(18)21/h1-12,21-22,30H,13-14H2,(H,25,28)(H,26,27). The van der Waals surface area contributed by atoms with Crippen molar-refractivity contribution in [1.29, 1.82) is 0 Å². The fourth-order valence-electron chi connectivity index (χ4n) is 3.85. The molecule has 1 unspecified atom stereocenters. The lowest BCUT2D eigenvalue weighted by Gasteiger charge is -2.17. The highest BCUT2D eigenvalue weighted by Gasteiger charge is 2.29. The van der Waals surface area contributed by atoms with E-state index in [1.165, 1.54) is 0 Å². The van der Waals surface area contributed by atoms with Crippen molar-refractivity contribution >= 4 is 24.7 Å². The van der Waals surface area contributed by atoms with Gasteiger partial charge in [-0.1, -0.05) is 60.7 Å². The van der Waals surface area contributed by atoms with E-state index in [1.807, 2.05) is 36.4 Å². The number of aliphatic carboxylic acids is 1. The van der Waals surface area contributed by atoms with Crippen LogP contribution in [0.4, 0.5) is 4.79 Å². The number of hydrogen-bond donors (Lipinski definition) is 3. The molecular formula is C24H21NO4S. The van der Waals surface area contributed by atoms with E-state index in [0.29, 0.717) is 0 Å². The Kier molecular flexibility index (Phi) is 5.77. The highest BCUT2D eigenvalue weighted by atomic mass is 32.1. The molecule has 0 fully saturated rings. The van der Waals surface area contributed by atoms with Crippen LogP contribution in [0.15, 0.2) is 77.7 Å². The van der Waals surface area contributed by atoms with Gasteiger partial charge in [-0.15, -0.1) is 12.6 Å². The van der Waals surface area contributed by atoms with E-state index in [-0.39, 0.29) is 18.9 Å². The third-order valence-corrected chi connectivity index (χ3v) is 5.61. The Morgan fingerprint density at radius 3 is 2.07 bits per heavy atom. The fraction of sp³-hybridized carbons (Fsp3) is 0.167. The number of amides is 1. The Morgan fingerprint density at radius 1 is 0.933 bits per heavy atom. The fourth-order valence-corrected chi connectivity index (χ4v) is 4.00. The summed E-state index contributed by atoms with van der Waals surface area (Å²) in [4.78, 5) is 24.8. The number of hydrogen-bond acceptors (Lipinski definition) is 4. The molecule has 1 aliphatic rings. The SMILES string of the molecule is O=C(NC(Cc1ccc(S)cc1)C(=O)O)OCC1c2ccccc2-c2ccccc21. The van der Waals surface area contributed by atoms with Crippen LogP contribution in [0.5, 0.6) is 0 Å². The number of carboxylic acids is 1. The molecule has 0 spiro atoms. The molecule has 0 bridgehead atoms. The monoisotopic (exact) mass is 419 g/mol. The summed E-state index contributed by atoms with van der Waals surface area (Å²) in [7, 11) is 0. The first-order valence-electron chi connectivity index (χ1n) is 9.65. The van der Waals surface area contributed by atoms with Gasteiger partial charge in [0.2, 0.25) is 0 Å². The molecule has 1 atom stereocenters. The highest BCUT2D eigenvalue weighted by molar-refractivity contribution is 7.80. The summed E-state index contributed by atoms with van der Waals surface area (Å²) >= 11 is 4.22. The van der Waals surface area contributed by atoms with Gasteiger partial charge in [-0.2, -0.15) is 0 Å². The molecule has 0 aliphatic heterocycles. The topological polar surface area (TPSA) is 75.6 Å². The molecule has 0 heterocycles. The molecule has 152 valence electrons. The lowest BCUT2D eigenvalue weighted by Crippen LogP contribution is -2.42. The van der Waals surface area contributed by atoms with E-state index in [4.69, 9.17) is 4.74 Å². The van der Waals surface area contributed by atoms with Crippen LogP contribution in [0.1, 0.15) is 22.6 Å². The molecule has 1 aliphatic carbocycles. The molecule has 1 amide bonds. The van der Waals surface area contributed by atoms with Crippen LogP contribution in [0, 0.1) is 0 Å². The molecule has 3 aromatic rings. The van der Waals surface area contributed by atoms with Gasteiger partial charge in [0.05, 0.1) is 0 Å². The summed E-state index contributed by atoms with van der Waals surface area (Å²) in [6, 6.07) is 22.2. The molecule has 30 heavy (non-hydrogen) atoms. The number of carboxylic acid groups (broad SMARTS) is 1. The van der Waals surface area contributed by atoms with E-state index >= 15 is 0 Å². The quantitative estimate of drug-likeness (QED) is 0.514. The number of benzene rings is 3. The van der Waals surface area contributed by atoms with Gasteiger partial charge in [-0.3, -0.25) is 0 Å². The van der Waals surface area contributed by atoms with E-state index in [1.54, 1.807) is 24.3 Å². The number of nitrogens with one attached hydrogen (secondary N) is 1. The summed E-state index contributed by atoms with van der Waals surface area (Å²) in [5, 5.41) is 12.0. The Balaban J connectivity index is 1.43. The first kappa shape index (κ1) is 20.0. The number of thiol groups is 1. The van der Waals surface area contributed by atoms with Crippen LogP contribution in [-0.2, 0) is 16.0 Å². The van der Waals surface area contributed by atoms with E-state index < -0.39 is 18.1 Å². The average molecular weight is 420 g/mol. The number of carbonyl (C=O) groups is 2. The molecule has 0 saturated heterocycles. The van der Waals surface area contributed by atoms with E-state index in [2.05, 4.69) is 30.1 Å². The molecule has 0 saturated carbocycles. The molecule has 2 N–H and O–H groups in total. The summed E-state index contributed by atoms with van der Waals surface area (Å²) in [6.07, 6.45) is -0.580. The van der Waals surface area contributed by atoms with Gasteiger partial charge < -0.3 is 15.2 Å². The van der Waals surface area contributed by atoms with Crippen LogP contribution in [0.2, 0.25) is 0 Å². The summed E-state index contributed by atoms with van der Waals surface area (Å²) < 4.78 is 5.45. The smallest absolute Gasteiger partial charge is 0.407 e. The van der Waals surface area contributed by atoms with Crippen molar-refractivity contribution in [2.45, 2.75) is 23.3 Å². The lowest BCUT2D eigenvalue weighted by molar-refractivity contribution is -0.139. The predicted molar refractivity (Wildman–Crippen MR) is 117 cm³/mol. The van der Waals surface area contributed by atoms with Crippen molar-refractivity contribution in [2.24, 2.45) is 0 Å². The van der Waals surface area contributed by atoms with Gasteiger partial charge in [0.1, 0.15) is 12.6 Å². The third-order valence-electron chi connectivity index (χ3n) is 5.31. The van der Waals surface area contributed by atoms with Crippen LogP contribution >= 0.6 is 12.6 Å². The minimum Gasteiger partial charge on any atom is -0.480 e. The van der Waals surface area contributed by atoms with Crippen molar-refractivity contribution in [2.75, 3.05) is 6.61 Å². The Morgan fingerprint density at radius 2 is 1.50 bits per heavy atom. The number of alkyl carbamates (subject to hydrolysis) is 1. The molecule has 0 aromatic heterocycles. The Labute approximate surface area is 180 Å². The summed E-state index contributed by atoms with van der Waals surface area (Å²) in [5.41, 5.74) is 5.27. The lowest BCUT2D eigenvalue weighted by atomic mass is 9.98. The van der Waals surface area contributed by atoms with Gasteiger partial charge in [0.15, 0.2) is 0 Å². The van der Waals surface area contributed by atoms with Gasteiger partial charge in [-0.25, -0.2) is 9.59 Å². The second kappa shape index (κ2) is 8.63. The maximum absolute atomic E-state index is 12.4. The van der Waals surface area contributed by atoms with Crippen molar-refractivity contribution in [3.8, 4) is 11.1 Å². The van der Waals surface area contributed by atoms with Crippen LogP contribution in [0.3, 0.4) is 0 Å². The maximum atomic E-state index is 12.4. The number of fused-ring (bicyclic) bond motifs is 3. The zero-order valence-corrected chi connectivity index (χ0v) is 17.0. The van der Waals surface area contributed by atoms with Crippen molar-refractivity contribution in [1.82, 2.24) is 5.32 Å². The number of ether oxygens (including phenoxy) is 1. The van der Waals surface area contributed by atoms with Crippen LogP contribution in [0.25, 0.3) is 11.1 Å². The normalized spacial score (nSPS) is 13.2. The van der Waals surface area contributed by atoms with E-state index in [0.717, 1.165) is 32.7 Å². The van der Waals surface area contributed by atoms with Gasteiger partial charge in [-0.05, 0) is 39.9 Å². The molecular weight excluding hydrogens is 398 g/mol. The second-order valence-electron chi connectivity index (χ2n) is 7.23. The second-order valence-corrected chi connectivity index (χ2v) is 7.75. The van der Waals surface area contributed by atoms with Crippen molar-refractivity contribution in [3.63, 3.8) is 0 Å². The average Bonchev–Trinajstić information content (AvgIpc) is 3.07. The van der Waals surface area contributed by atoms with Crippen LogP contribution < -0.4 is 5.32 Å². The minimum atomic E-state index is -1.11. The number of rotatable bonds is 6. The largest absolute Gasteiger partial charge is 0.480 e.